The number of ether oxygens (including phenoxy) is 1. The maximum Gasteiger partial charge on any atom is 0.230 e. The van der Waals surface area contributed by atoms with Gasteiger partial charge in [-0.3, -0.25) is 14.7 Å². The van der Waals surface area contributed by atoms with Gasteiger partial charge in [-0.1, -0.05) is 50.2 Å². The Bertz CT molecular complexity index is 1310. The monoisotopic (exact) mass is 547 g/mol. The van der Waals surface area contributed by atoms with Crippen molar-refractivity contribution in [3.05, 3.63) is 65.3 Å². The van der Waals surface area contributed by atoms with E-state index in [0.29, 0.717) is 48.5 Å². The van der Waals surface area contributed by atoms with Crippen molar-refractivity contribution >= 4 is 5.91 Å². The maximum absolute atomic E-state index is 12.7. The van der Waals surface area contributed by atoms with Crippen LogP contribution in [0.2, 0.25) is 0 Å². The summed E-state index contributed by atoms with van der Waals surface area (Å²) >= 11 is 0. The van der Waals surface area contributed by atoms with Crippen molar-refractivity contribution in [2.45, 2.75) is 58.0 Å². The molecule has 1 aromatic carbocycles. The third-order valence-corrected chi connectivity index (χ3v) is 8.77. The summed E-state index contributed by atoms with van der Waals surface area (Å²) in [5.74, 6) is 1.66. The number of nitrogens with zero attached hydrogens (tertiary/aromatic N) is 5. The largest absolute Gasteiger partial charge is 0.383 e. The Morgan fingerprint density at radius 2 is 1.88 bits per heavy atom. The zero-order valence-electron chi connectivity index (χ0n) is 24.3. The fourth-order valence-electron chi connectivity index (χ4n) is 6.24. The highest BCUT2D eigenvalue weighted by molar-refractivity contribution is 5.73. The summed E-state index contributed by atoms with van der Waals surface area (Å²) < 4.78 is 11.0. The molecule has 3 aromatic rings. The lowest BCUT2D eigenvalue weighted by Gasteiger charge is -2.57. The first-order chi connectivity index (χ1) is 19.1. The van der Waals surface area contributed by atoms with Crippen LogP contribution in [0.3, 0.4) is 0 Å². The minimum atomic E-state index is -1.28. The number of methoxy groups -OCH3 is 1. The summed E-state index contributed by atoms with van der Waals surface area (Å²) in [4.78, 5) is 25.1. The zero-order valence-corrected chi connectivity index (χ0v) is 24.3. The number of hydrogen-bond acceptors (Lipinski definition) is 8. The van der Waals surface area contributed by atoms with Gasteiger partial charge in [-0.2, -0.15) is 4.98 Å². The van der Waals surface area contributed by atoms with E-state index in [1.807, 2.05) is 23.1 Å². The molecule has 214 valence electrons. The number of carbonyl (C=O) groups excluding carboxylic acids is 1. The SMILES string of the molecule is COCCN1CC(C)(C(O)(c2ccc(C(C)C)cc2)c2cncc(-c3noc(C4CCN(C(C)=O)CC4)n3)c2)C1. The van der Waals surface area contributed by atoms with E-state index in [2.05, 4.69) is 47.9 Å². The molecule has 4 heterocycles. The Labute approximate surface area is 236 Å². The molecule has 0 aliphatic carbocycles. The molecule has 9 heteroatoms. The number of benzene rings is 1. The topological polar surface area (TPSA) is 105 Å². The first-order valence-electron chi connectivity index (χ1n) is 14.2. The van der Waals surface area contributed by atoms with Crippen LogP contribution in [-0.4, -0.2) is 82.4 Å². The van der Waals surface area contributed by atoms with Crippen LogP contribution in [0.5, 0.6) is 0 Å². The Balaban J connectivity index is 1.45. The van der Waals surface area contributed by atoms with E-state index in [0.717, 1.165) is 38.0 Å². The zero-order chi connectivity index (χ0) is 28.5. The molecule has 9 nitrogen and oxygen atoms in total. The highest BCUT2D eigenvalue weighted by atomic mass is 16.5. The standard InChI is InChI=1S/C31H41N5O4/c1-21(2)23-6-8-26(9-7-23)31(38,30(4)19-35(20-30)14-15-39-5)27-16-25(17-32-18-27)28-33-29(40-34-28)24-10-12-36(13-11-24)22(3)37/h6-9,16-18,21,24,38H,10-15,19-20H2,1-5H3. The average Bonchev–Trinajstić information content (AvgIpc) is 3.45. The molecule has 1 unspecified atom stereocenters. The normalized spacial score (nSPS) is 19.4. The van der Waals surface area contributed by atoms with Crippen molar-refractivity contribution in [1.82, 2.24) is 24.9 Å². The molecule has 2 aromatic heterocycles. The van der Waals surface area contributed by atoms with Gasteiger partial charge in [0.2, 0.25) is 17.6 Å². The second-order valence-electron chi connectivity index (χ2n) is 12.0. The van der Waals surface area contributed by atoms with Gasteiger partial charge >= 0.3 is 0 Å². The van der Waals surface area contributed by atoms with E-state index < -0.39 is 11.0 Å². The first kappa shape index (κ1) is 28.4. The molecule has 1 N–H and O–H groups in total. The van der Waals surface area contributed by atoms with Crippen LogP contribution in [0.15, 0.2) is 47.2 Å². The summed E-state index contributed by atoms with van der Waals surface area (Å²) in [6.07, 6.45) is 5.06. The predicted molar refractivity (Wildman–Crippen MR) is 152 cm³/mol. The van der Waals surface area contributed by atoms with Crippen molar-refractivity contribution in [1.29, 1.82) is 0 Å². The molecule has 40 heavy (non-hydrogen) atoms. The number of aliphatic hydroxyl groups is 1. The molecule has 2 saturated heterocycles. The lowest BCUT2D eigenvalue weighted by molar-refractivity contribution is -0.138. The van der Waals surface area contributed by atoms with Gasteiger partial charge in [-0.15, -0.1) is 0 Å². The Hall–Kier alpha value is -3.14. The summed E-state index contributed by atoms with van der Waals surface area (Å²) in [5.41, 5.74) is 1.76. The maximum atomic E-state index is 12.7. The Kier molecular flexibility index (Phi) is 8.08. The quantitative estimate of drug-likeness (QED) is 0.425. The van der Waals surface area contributed by atoms with E-state index in [1.165, 1.54) is 5.56 Å². The highest BCUT2D eigenvalue weighted by Crippen LogP contribution is 2.50. The van der Waals surface area contributed by atoms with Crippen LogP contribution < -0.4 is 0 Å². The number of likely N-dealkylation sites (tertiary alicyclic amines) is 2. The fourth-order valence-corrected chi connectivity index (χ4v) is 6.24. The van der Waals surface area contributed by atoms with Gasteiger partial charge in [0, 0.05) is 81.6 Å². The van der Waals surface area contributed by atoms with Crippen molar-refractivity contribution in [3.63, 3.8) is 0 Å². The van der Waals surface area contributed by atoms with E-state index in [4.69, 9.17) is 14.2 Å². The van der Waals surface area contributed by atoms with Crippen LogP contribution in [0.1, 0.15) is 75.0 Å². The van der Waals surface area contributed by atoms with Crippen molar-refractivity contribution in [2.75, 3.05) is 46.4 Å². The van der Waals surface area contributed by atoms with Crippen molar-refractivity contribution in [2.24, 2.45) is 5.41 Å². The van der Waals surface area contributed by atoms with Gasteiger partial charge in [-0.25, -0.2) is 0 Å². The Morgan fingerprint density at radius 1 is 1.18 bits per heavy atom. The number of hydrogen-bond donors (Lipinski definition) is 1. The minimum absolute atomic E-state index is 0.0980. The molecule has 2 aliphatic heterocycles. The van der Waals surface area contributed by atoms with Crippen LogP contribution in [0.4, 0.5) is 0 Å². The van der Waals surface area contributed by atoms with Gasteiger partial charge in [0.1, 0.15) is 5.60 Å². The lowest BCUT2D eigenvalue weighted by Crippen LogP contribution is -2.65. The van der Waals surface area contributed by atoms with Crippen LogP contribution in [0.25, 0.3) is 11.4 Å². The Morgan fingerprint density at radius 3 is 2.50 bits per heavy atom. The molecular formula is C31H41N5O4. The molecule has 0 radical (unpaired) electrons. The predicted octanol–water partition coefficient (Wildman–Crippen LogP) is 4.19. The van der Waals surface area contributed by atoms with E-state index in [-0.39, 0.29) is 11.8 Å². The summed E-state index contributed by atoms with van der Waals surface area (Å²) in [7, 11) is 1.71. The van der Waals surface area contributed by atoms with E-state index >= 15 is 0 Å². The van der Waals surface area contributed by atoms with Gasteiger partial charge in [-0.05, 0) is 36.0 Å². The molecular weight excluding hydrogens is 506 g/mol. The van der Waals surface area contributed by atoms with E-state index in [1.54, 1.807) is 26.4 Å². The number of piperidine rings is 1. The van der Waals surface area contributed by atoms with Crippen LogP contribution in [0, 0.1) is 5.41 Å². The van der Waals surface area contributed by atoms with Gasteiger partial charge in [0.25, 0.3) is 0 Å². The van der Waals surface area contributed by atoms with Crippen molar-refractivity contribution in [3.8, 4) is 11.4 Å². The molecule has 2 fully saturated rings. The number of amides is 1. The average molecular weight is 548 g/mol. The lowest BCUT2D eigenvalue weighted by atomic mass is 9.62. The van der Waals surface area contributed by atoms with Crippen molar-refractivity contribution < 1.29 is 19.2 Å². The highest BCUT2D eigenvalue weighted by Gasteiger charge is 2.56. The molecule has 5 rings (SSSR count). The first-order valence-corrected chi connectivity index (χ1v) is 14.2. The number of carbonyl (C=O) groups is 1. The van der Waals surface area contributed by atoms with Gasteiger partial charge < -0.3 is 19.3 Å². The molecule has 1 atom stereocenters. The molecule has 0 bridgehead atoms. The van der Waals surface area contributed by atoms with Gasteiger partial charge in [0.05, 0.1) is 6.61 Å². The van der Waals surface area contributed by atoms with Gasteiger partial charge in [0.15, 0.2) is 0 Å². The number of pyridine rings is 1. The molecule has 1 amide bonds. The van der Waals surface area contributed by atoms with Crippen LogP contribution >= 0.6 is 0 Å². The second kappa shape index (κ2) is 11.4. The summed E-state index contributed by atoms with van der Waals surface area (Å²) in [6.45, 7) is 12.4. The number of rotatable bonds is 9. The smallest absolute Gasteiger partial charge is 0.230 e. The van der Waals surface area contributed by atoms with E-state index in [9.17, 15) is 9.90 Å². The molecule has 2 aliphatic rings. The number of aromatic nitrogens is 3. The third kappa shape index (κ3) is 5.30. The molecule has 0 spiro atoms. The van der Waals surface area contributed by atoms with Crippen LogP contribution in [-0.2, 0) is 15.1 Å². The molecule has 0 saturated carbocycles. The summed E-state index contributed by atoms with van der Waals surface area (Å²) in [5, 5.41) is 16.9. The minimum Gasteiger partial charge on any atom is -0.383 e. The third-order valence-electron chi connectivity index (χ3n) is 8.77. The summed E-state index contributed by atoms with van der Waals surface area (Å²) in [6, 6.07) is 10.3. The fraction of sp³-hybridized carbons (Fsp3) is 0.548. The second-order valence-corrected chi connectivity index (χ2v) is 12.0.